The van der Waals surface area contributed by atoms with E-state index in [1.54, 1.807) is 0 Å². The maximum Gasteiger partial charge on any atom is 0.329 e. The summed E-state index contributed by atoms with van der Waals surface area (Å²) in [5.74, 6) is -0.935. The molecule has 0 bridgehead atoms. The number of sulfonamides is 1. The summed E-state index contributed by atoms with van der Waals surface area (Å²) in [6, 6.07) is 1.52. The quantitative estimate of drug-likeness (QED) is 0.805. The predicted molar refractivity (Wildman–Crippen MR) is 67.2 cm³/mol. The Hall–Kier alpha value is -2.36. The van der Waals surface area contributed by atoms with Crippen molar-refractivity contribution in [2.24, 2.45) is 0 Å². The number of nitrogens with one attached hydrogen (secondary N) is 1. The lowest BCUT2D eigenvalue weighted by Crippen LogP contribution is -2.14. The summed E-state index contributed by atoms with van der Waals surface area (Å²) >= 11 is 0. The van der Waals surface area contributed by atoms with E-state index in [4.69, 9.17) is 14.9 Å². The minimum Gasteiger partial charge on any atom is -0.492 e. The molecule has 3 N–H and O–H groups in total. The van der Waals surface area contributed by atoms with Gasteiger partial charge in [-0.3, -0.25) is 0 Å². The first-order valence-electron chi connectivity index (χ1n) is 5.29. The van der Waals surface area contributed by atoms with E-state index >= 15 is 0 Å². The number of aromatic nitrogens is 2. The number of nitrogens with zero attached hydrogens (tertiary/aromatic N) is 2. The second-order valence-electron chi connectivity index (χ2n) is 3.76. The van der Waals surface area contributed by atoms with Gasteiger partial charge >= 0.3 is 6.01 Å². The van der Waals surface area contributed by atoms with E-state index in [0.29, 0.717) is 0 Å². The Kier molecular flexibility index (Phi) is 3.49. The van der Waals surface area contributed by atoms with E-state index in [-0.39, 0.29) is 28.2 Å². The van der Waals surface area contributed by atoms with Crippen LogP contribution in [0.5, 0.6) is 5.75 Å². The molecule has 2 aromatic rings. The number of aryl methyl sites for hydroxylation is 1. The maximum absolute atomic E-state index is 13.6. The molecule has 0 fully saturated rings. The molecule has 2 rings (SSSR count). The zero-order valence-corrected chi connectivity index (χ0v) is 11.4. The highest BCUT2D eigenvalue weighted by atomic mass is 32.2. The molecule has 0 saturated carbocycles. The molecule has 1 aromatic carbocycles. The first-order chi connectivity index (χ1) is 9.33. The number of nitrogens with two attached hydrogens (primary N) is 1. The van der Waals surface area contributed by atoms with Crippen molar-refractivity contribution < 1.29 is 22.0 Å². The van der Waals surface area contributed by atoms with Gasteiger partial charge in [-0.25, -0.2) is 17.5 Å². The molecular weight excluding hydrogens is 291 g/mol. The topological polar surface area (TPSA) is 120 Å². The summed E-state index contributed by atoms with van der Waals surface area (Å²) in [6.07, 6.45) is 0. The number of nitrogen functional groups attached to an aromatic ring is 1. The molecule has 0 atom stereocenters. The number of methoxy groups -OCH3 is 1. The zero-order valence-electron chi connectivity index (χ0n) is 10.5. The average Bonchev–Trinajstić information content (AvgIpc) is 2.73. The summed E-state index contributed by atoms with van der Waals surface area (Å²) in [6.45, 7) is 1.50. The second kappa shape index (κ2) is 4.96. The highest BCUT2D eigenvalue weighted by Crippen LogP contribution is 2.29. The van der Waals surface area contributed by atoms with Crippen molar-refractivity contribution in [1.29, 1.82) is 0 Å². The van der Waals surface area contributed by atoms with E-state index in [1.165, 1.54) is 14.0 Å². The smallest absolute Gasteiger partial charge is 0.329 e. The van der Waals surface area contributed by atoms with Gasteiger partial charge in [0, 0.05) is 6.92 Å². The Balaban J connectivity index is 2.39. The third kappa shape index (κ3) is 2.64. The van der Waals surface area contributed by atoms with E-state index in [2.05, 4.69) is 10.2 Å². The Morgan fingerprint density at radius 1 is 1.40 bits per heavy atom. The molecule has 0 spiro atoms. The SMILES string of the molecule is COc1c(N)cc(S(=O)(=O)Nc2nnc(C)o2)cc1F. The van der Waals surface area contributed by atoms with Gasteiger partial charge in [-0.1, -0.05) is 5.10 Å². The van der Waals surface area contributed by atoms with Gasteiger partial charge in [0.25, 0.3) is 10.0 Å². The van der Waals surface area contributed by atoms with Crippen molar-refractivity contribution in [3.05, 3.63) is 23.8 Å². The molecule has 1 heterocycles. The Morgan fingerprint density at radius 2 is 2.10 bits per heavy atom. The lowest BCUT2D eigenvalue weighted by molar-refractivity contribution is 0.388. The minimum absolute atomic E-state index is 0.144. The van der Waals surface area contributed by atoms with Crippen LogP contribution in [0, 0.1) is 12.7 Å². The molecule has 0 saturated heterocycles. The van der Waals surface area contributed by atoms with Crippen LogP contribution < -0.4 is 15.2 Å². The van der Waals surface area contributed by atoms with Crippen LogP contribution in [0.2, 0.25) is 0 Å². The number of benzene rings is 1. The van der Waals surface area contributed by atoms with Crippen LogP contribution in [0.15, 0.2) is 21.4 Å². The Bertz CT molecular complexity index is 720. The minimum atomic E-state index is -4.09. The van der Waals surface area contributed by atoms with Crippen LogP contribution >= 0.6 is 0 Å². The van der Waals surface area contributed by atoms with Crippen LogP contribution in [0.25, 0.3) is 0 Å². The summed E-state index contributed by atoms with van der Waals surface area (Å²) in [5, 5.41) is 6.94. The number of anilines is 2. The molecule has 0 aliphatic heterocycles. The molecule has 0 aliphatic carbocycles. The van der Waals surface area contributed by atoms with Gasteiger partial charge in [-0.15, -0.1) is 5.10 Å². The number of hydrogen-bond acceptors (Lipinski definition) is 7. The van der Waals surface area contributed by atoms with Crippen LogP contribution in [0.1, 0.15) is 5.89 Å². The molecule has 0 aliphatic rings. The van der Waals surface area contributed by atoms with Gasteiger partial charge in [0.15, 0.2) is 11.6 Å². The molecule has 8 nitrogen and oxygen atoms in total. The van der Waals surface area contributed by atoms with Crippen LogP contribution in [-0.4, -0.2) is 25.7 Å². The Labute approximate surface area is 113 Å². The zero-order chi connectivity index (χ0) is 14.9. The highest BCUT2D eigenvalue weighted by Gasteiger charge is 2.21. The first-order valence-corrected chi connectivity index (χ1v) is 6.77. The fourth-order valence-corrected chi connectivity index (χ4v) is 2.44. The van der Waals surface area contributed by atoms with Gasteiger partial charge in [0.05, 0.1) is 17.7 Å². The van der Waals surface area contributed by atoms with E-state index in [0.717, 1.165) is 12.1 Å². The van der Waals surface area contributed by atoms with Crippen molar-refractivity contribution in [3.8, 4) is 5.75 Å². The van der Waals surface area contributed by atoms with Gasteiger partial charge in [-0.05, 0) is 12.1 Å². The van der Waals surface area contributed by atoms with Crippen molar-refractivity contribution in [3.63, 3.8) is 0 Å². The molecule has 108 valence electrons. The third-order valence-corrected chi connectivity index (χ3v) is 3.61. The van der Waals surface area contributed by atoms with Crippen LogP contribution in [0.3, 0.4) is 0 Å². The molecule has 20 heavy (non-hydrogen) atoms. The fraction of sp³-hybridized carbons (Fsp3) is 0.200. The summed E-state index contributed by atoms with van der Waals surface area (Å²) in [5.41, 5.74) is 5.37. The third-order valence-electron chi connectivity index (χ3n) is 2.31. The van der Waals surface area contributed by atoms with Crippen molar-refractivity contribution >= 4 is 21.7 Å². The Morgan fingerprint density at radius 3 is 2.60 bits per heavy atom. The molecular formula is C10H11FN4O4S. The molecule has 1 aromatic heterocycles. The summed E-state index contributed by atoms with van der Waals surface area (Å²) < 4.78 is 49.3. The standard InChI is InChI=1S/C10H11FN4O4S/c1-5-13-14-10(19-5)15-20(16,17)6-3-7(11)9(18-2)8(12)4-6/h3-4H,12H2,1-2H3,(H,14,15). The maximum atomic E-state index is 13.6. The molecule has 0 amide bonds. The van der Waals surface area contributed by atoms with Gasteiger partial charge < -0.3 is 14.9 Å². The molecule has 10 heteroatoms. The number of rotatable bonds is 4. The van der Waals surface area contributed by atoms with Crippen LogP contribution in [-0.2, 0) is 10.0 Å². The molecule has 0 unspecified atom stereocenters. The van der Waals surface area contributed by atoms with Gasteiger partial charge in [0.1, 0.15) is 0 Å². The first kappa shape index (κ1) is 14.1. The van der Waals surface area contributed by atoms with E-state index in [1.807, 2.05) is 4.72 Å². The molecule has 0 radical (unpaired) electrons. The average molecular weight is 302 g/mol. The van der Waals surface area contributed by atoms with E-state index in [9.17, 15) is 12.8 Å². The normalized spacial score (nSPS) is 11.3. The number of halogens is 1. The number of hydrogen-bond donors (Lipinski definition) is 2. The van der Waals surface area contributed by atoms with Gasteiger partial charge in [-0.2, -0.15) is 0 Å². The monoisotopic (exact) mass is 302 g/mol. The fourth-order valence-electron chi connectivity index (χ4n) is 1.47. The predicted octanol–water partition coefficient (Wildman–Crippen LogP) is 0.909. The van der Waals surface area contributed by atoms with Crippen LogP contribution in [0.4, 0.5) is 16.1 Å². The lowest BCUT2D eigenvalue weighted by atomic mass is 10.3. The van der Waals surface area contributed by atoms with Crippen molar-refractivity contribution in [2.45, 2.75) is 11.8 Å². The highest BCUT2D eigenvalue weighted by molar-refractivity contribution is 7.92. The number of ether oxygens (including phenoxy) is 1. The van der Waals surface area contributed by atoms with Crippen molar-refractivity contribution in [2.75, 3.05) is 17.6 Å². The second-order valence-corrected chi connectivity index (χ2v) is 5.44. The lowest BCUT2D eigenvalue weighted by Gasteiger charge is -2.09. The van der Waals surface area contributed by atoms with Crippen molar-refractivity contribution in [1.82, 2.24) is 10.2 Å². The summed E-state index contributed by atoms with van der Waals surface area (Å²) in [7, 11) is -2.87. The summed E-state index contributed by atoms with van der Waals surface area (Å²) in [4.78, 5) is -0.385. The van der Waals surface area contributed by atoms with Gasteiger partial charge in [0.2, 0.25) is 5.89 Å². The largest absolute Gasteiger partial charge is 0.492 e. The van der Waals surface area contributed by atoms with E-state index < -0.39 is 15.8 Å².